The third kappa shape index (κ3) is 52.6. The minimum atomic E-state index is -0.779. The van der Waals surface area contributed by atoms with Crippen LogP contribution in [0.15, 0.2) is 36.5 Å². The van der Waals surface area contributed by atoms with Crippen LogP contribution in [-0.4, -0.2) is 37.2 Å². The fourth-order valence-electron chi connectivity index (χ4n) is 8.49. The van der Waals surface area contributed by atoms with E-state index in [2.05, 4.69) is 57.2 Å². The molecule has 0 rings (SSSR count). The van der Waals surface area contributed by atoms with E-state index in [0.29, 0.717) is 19.3 Å². The Balaban J connectivity index is 4.33. The number of ether oxygens (including phenoxy) is 3. The summed E-state index contributed by atoms with van der Waals surface area (Å²) in [6.45, 7) is 6.65. The first kappa shape index (κ1) is 63.6. The van der Waals surface area contributed by atoms with Crippen LogP contribution in [0.25, 0.3) is 0 Å². The maximum Gasteiger partial charge on any atom is 0.306 e. The number of hydrogen-bond donors (Lipinski definition) is 0. The predicted octanol–water partition coefficient (Wildman–Crippen LogP) is 19.3. The van der Waals surface area contributed by atoms with Crippen LogP contribution in [0.4, 0.5) is 0 Å². The number of hydrogen-bond acceptors (Lipinski definition) is 6. The Morgan fingerprint density at radius 1 is 0.303 bits per heavy atom. The molecule has 0 spiro atoms. The molecule has 0 radical (unpaired) electrons. The molecule has 6 nitrogen and oxygen atoms in total. The fraction of sp³-hybridized carbons (Fsp3) is 0.850. The number of carbonyl (C=O) groups excluding carboxylic acids is 3. The molecule has 0 bridgehead atoms. The summed E-state index contributed by atoms with van der Waals surface area (Å²) in [5.41, 5.74) is 0. The topological polar surface area (TPSA) is 78.9 Å². The molecule has 0 aromatic carbocycles. The fourth-order valence-corrected chi connectivity index (χ4v) is 8.49. The molecule has 386 valence electrons. The van der Waals surface area contributed by atoms with E-state index in [1.165, 1.54) is 193 Å². The number of allylic oxidation sites excluding steroid dienone is 6. The summed E-state index contributed by atoms with van der Waals surface area (Å²) < 4.78 is 16.8. The molecule has 6 heteroatoms. The second-order valence-corrected chi connectivity index (χ2v) is 19.6. The minimum absolute atomic E-state index is 0.0766. The number of rotatable bonds is 53. The van der Waals surface area contributed by atoms with Gasteiger partial charge in [-0.2, -0.15) is 0 Å². The van der Waals surface area contributed by atoms with Crippen molar-refractivity contribution in [2.75, 3.05) is 13.2 Å². The monoisotopic (exact) mass is 927 g/mol. The van der Waals surface area contributed by atoms with Crippen LogP contribution in [0, 0.1) is 0 Å². The van der Waals surface area contributed by atoms with Gasteiger partial charge >= 0.3 is 17.9 Å². The molecule has 0 saturated heterocycles. The van der Waals surface area contributed by atoms with Crippen LogP contribution in [0.1, 0.15) is 310 Å². The van der Waals surface area contributed by atoms with Crippen molar-refractivity contribution in [3.8, 4) is 0 Å². The zero-order chi connectivity index (χ0) is 47.9. The zero-order valence-corrected chi connectivity index (χ0v) is 44.2. The Hall–Kier alpha value is -2.37. The van der Waals surface area contributed by atoms with Gasteiger partial charge in [-0.1, -0.05) is 256 Å². The van der Waals surface area contributed by atoms with Crippen molar-refractivity contribution in [3.05, 3.63) is 36.5 Å². The number of carbonyl (C=O) groups is 3. The van der Waals surface area contributed by atoms with Gasteiger partial charge in [0, 0.05) is 19.3 Å². The van der Waals surface area contributed by atoms with E-state index >= 15 is 0 Å². The van der Waals surface area contributed by atoms with Crippen molar-refractivity contribution in [2.45, 2.75) is 316 Å². The average Bonchev–Trinajstić information content (AvgIpc) is 3.31. The highest BCUT2D eigenvalue weighted by Crippen LogP contribution is 2.16. The van der Waals surface area contributed by atoms with E-state index in [-0.39, 0.29) is 31.1 Å². The zero-order valence-electron chi connectivity index (χ0n) is 44.2. The molecule has 1 unspecified atom stereocenters. The third-order valence-corrected chi connectivity index (χ3v) is 12.9. The van der Waals surface area contributed by atoms with Crippen LogP contribution in [-0.2, 0) is 28.6 Å². The summed E-state index contributed by atoms with van der Waals surface area (Å²) in [5, 5.41) is 0. The maximum absolute atomic E-state index is 12.8. The van der Waals surface area contributed by atoms with Gasteiger partial charge in [0.2, 0.25) is 0 Å². The Bertz CT molecular complexity index is 1110. The lowest BCUT2D eigenvalue weighted by Gasteiger charge is -2.18. The smallest absolute Gasteiger partial charge is 0.306 e. The van der Waals surface area contributed by atoms with Crippen molar-refractivity contribution in [1.82, 2.24) is 0 Å². The SMILES string of the molecule is CCCCCCCCC/C=C\C=C/CCCCCCCC(=O)OC(COC(=O)CCCCCCCCC/C=C\CCCCCCCCCC)COC(=O)CCCCCCCCCCCCC. The van der Waals surface area contributed by atoms with Crippen LogP contribution in [0.2, 0.25) is 0 Å². The van der Waals surface area contributed by atoms with Crippen molar-refractivity contribution in [2.24, 2.45) is 0 Å². The highest BCUT2D eigenvalue weighted by Gasteiger charge is 2.19. The van der Waals surface area contributed by atoms with Gasteiger partial charge in [-0.05, 0) is 70.6 Å². The Kier molecular flexibility index (Phi) is 53.2. The number of unbranched alkanes of at least 4 members (excludes halogenated alkanes) is 37. The van der Waals surface area contributed by atoms with E-state index in [9.17, 15) is 14.4 Å². The van der Waals surface area contributed by atoms with Crippen molar-refractivity contribution in [3.63, 3.8) is 0 Å². The Morgan fingerprint density at radius 3 is 0.848 bits per heavy atom. The molecule has 0 saturated carbocycles. The third-order valence-electron chi connectivity index (χ3n) is 12.9. The van der Waals surface area contributed by atoms with E-state index in [0.717, 1.165) is 77.0 Å². The maximum atomic E-state index is 12.8. The van der Waals surface area contributed by atoms with E-state index in [1.54, 1.807) is 0 Å². The normalized spacial score (nSPS) is 12.2. The lowest BCUT2D eigenvalue weighted by molar-refractivity contribution is -0.167. The van der Waals surface area contributed by atoms with Gasteiger partial charge in [-0.3, -0.25) is 14.4 Å². The minimum Gasteiger partial charge on any atom is -0.462 e. The number of esters is 3. The van der Waals surface area contributed by atoms with Crippen LogP contribution >= 0.6 is 0 Å². The summed E-state index contributed by atoms with van der Waals surface area (Å²) in [4.78, 5) is 38.1. The van der Waals surface area contributed by atoms with Crippen molar-refractivity contribution >= 4 is 17.9 Å². The molecule has 0 aliphatic heterocycles. The molecule has 0 N–H and O–H groups in total. The van der Waals surface area contributed by atoms with Gasteiger partial charge in [0.05, 0.1) is 0 Å². The largest absolute Gasteiger partial charge is 0.462 e. The molecular formula is C60H110O6. The van der Waals surface area contributed by atoms with Crippen molar-refractivity contribution < 1.29 is 28.6 Å². The van der Waals surface area contributed by atoms with E-state index in [1.807, 2.05) is 0 Å². The summed E-state index contributed by atoms with van der Waals surface area (Å²) in [6, 6.07) is 0. The van der Waals surface area contributed by atoms with Gasteiger partial charge in [0.25, 0.3) is 0 Å². The molecule has 0 heterocycles. The molecule has 0 amide bonds. The molecular weight excluding hydrogens is 817 g/mol. The molecule has 0 aromatic heterocycles. The lowest BCUT2D eigenvalue weighted by atomic mass is 10.1. The molecule has 0 aliphatic carbocycles. The first-order valence-corrected chi connectivity index (χ1v) is 29.0. The van der Waals surface area contributed by atoms with Crippen molar-refractivity contribution in [1.29, 1.82) is 0 Å². The molecule has 0 fully saturated rings. The van der Waals surface area contributed by atoms with Crippen LogP contribution in [0.3, 0.4) is 0 Å². The summed E-state index contributed by atoms with van der Waals surface area (Å²) in [6.07, 6.45) is 65.6. The van der Waals surface area contributed by atoms with Crippen LogP contribution in [0.5, 0.6) is 0 Å². The van der Waals surface area contributed by atoms with Gasteiger partial charge in [-0.15, -0.1) is 0 Å². The Labute approximate surface area is 410 Å². The lowest BCUT2D eigenvalue weighted by Crippen LogP contribution is -2.30. The van der Waals surface area contributed by atoms with Gasteiger partial charge in [0.15, 0.2) is 6.10 Å². The van der Waals surface area contributed by atoms with E-state index in [4.69, 9.17) is 14.2 Å². The van der Waals surface area contributed by atoms with Gasteiger partial charge < -0.3 is 14.2 Å². The summed E-state index contributed by atoms with van der Waals surface area (Å²) in [7, 11) is 0. The van der Waals surface area contributed by atoms with Gasteiger partial charge in [0.1, 0.15) is 13.2 Å². The molecule has 1 atom stereocenters. The second kappa shape index (κ2) is 55.2. The highest BCUT2D eigenvalue weighted by atomic mass is 16.6. The quantitative estimate of drug-likeness (QED) is 0.0199. The second-order valence-electron chi connectivity index (χ2n) is 19.6. The van der Waals surface area contributed by atoms with E-state index < -0.39 is 6.10 Å². The first-order chi connectivity index (χ1) is 32.5. The van der Waals surface area contributed by atoms with Gasteiger partial charge in [-0.25, -0.2) is 0 Å². The first-order valence-electron chi connectivity index (χ1n) is 29.0. The summed E-state index contributed by atoms with van der Waals surface area (Å²) in [5.74, 6) is -0.881. The standard InChI is InChI=1S/C60H110O6/c1-4-7-10-13-16-19-22-24-26-28-30-32-33-35-38-41-44-47-50-53-59(62)65-56-57(55-64-58(61)52-49-46-43-40-37-21-18-15-12-9-6-3)66-60(63)54-51-48-45-42-39-36-34-31-29-27-25-23-20-17-14-11-8-5-2/h27-31,34,57H,4-26,32-33,35-56H2,1-3H3/b29-27-,30-28-,34-31-. The highest BCUT2D eigenvalue weighted by molar-refractivity contribution is 5.71. The average molecular weight is 928 g/mol. The predicted molar refractivity (Wildman–Crippen MR) is 284 cm³/mol. The molecule has 0 aromatic rings. The van der Waals surface area contributed by atoms with Crippen LogP contribution < -0.4 is 0 Å². The molecule has 66 heavy (non-hydrogen) atoms. The summed E-state index contributed by atoms with van der Waals surface area (Å²) >= 11 is 0. The molecule has 0 aliphatic rings. The Morgan fingerprint density at radius 2 is 0.545 bits per heavy atom.